The van der Waals surface area contributed by atoms with Crippen LogP contribution in [-0.2, 0) is 0 Å². The molecule has 0 radical (unpaired) electrons. The van der Waals surface area contributed by atoms with Gasteiger partial charge in [-0.1, -0.05) is 12.1 Å². The van der Waals surface area contributed by atoms with Crippen molar-refractivity contribution in [1.82, 2.24) is 9.97 Å². The molecule has 1 N–H and O–H groups in total. The molecule has 5 heteroatoms. The van der Waals surface area contributed by atoms with Crippen LogP contribution in [0.5, 0.6) is 0 Å². The highest BCUT2D eigenvalue weighted by Crippen LogP contribution is 2.38. The van der Waals surface area contributed by atoms with Gasteiger partial charge in [0.25, 0.3) is 5.91 Å². The molecule has 0 unspecified atom stereocenters. The van der Waals surface area contributed by atoms with E-state index < -0.39 is 0 Å². The number of benzene rings is 1. The van der Waals surface area contributed by atoms with E-state index in [4.69, 9.17) is 0 Å². The second-order valence-electron chi connectivity index (χ2n) is 4.76. The topological polar surface area (TPSA) is 54.9 Å². The molecule has 20 heavy (non-hydrogen) atoms. The number of aromatic nitrogens is 2. The summed E-state index contributed by atoms with van der Waals surface area (Å²) < 4.78 is 0. The Hall–Kier alpha value is -1.88. The van der Waals surface area contributed by atoms with Crippen LogP contribution in [0.3, 0.4) is 0 Å². The normalized spacial score (nSPS) is 14.1. The van der Waals surface area contributed by atoms with Crippen LogP contribution >= 0.6 is 11.8 Å². The number of nitrogens with zero attached hydrogens (tertiary/aromatic N) is 2. The van der Waals surface area contributed by atoms with E-state index in [1.807, 2.05) is 30.5 Å². The van der Waals surface area contributed by atoms with Crippen molar-refractivity contribution in [3.63, 3.8) is 0 Å². The van der Waals surface area contributed by atoms with Crippen molar-refractivity contribution in [2.45, 2.75) is 23.7 Å². The van der Waals surface area contributed by atoms with Crippen molar-refractivity contribution in [3.05, 3.63) is 48.0 Å². The molecule has 1 aromatic heterocycles. The van der Waals surface area contributed by atoms with Gasteiger partial charge in [0.05, 0.1) is 5.69 Å². The minimum Gasteiger partial charge on any atom is -0.320 e. The van der Waals surface area contributed by atoms with Crippen LogP contribution in [0, 0.1) is 0 Å². The largest absolute Gasteiger partial charge is 0.320 e. The van der Waals surface area contributed by atoms with E-state index in [0.717, 1.165) is 29.1 Å². The van der Waals surface area contributed by atoms with Crippen molar-refractivity contribution < 1.29 is 4.79 Å². The van der Waals surface area contributed by atoms with Gasteiger partial charge in [0.15, 0.2) is 0 Å². The third kappa shape index (κ3) is 2.82. The summed E-state index contributed by atoms with van der Waals surface area (Å²) in [7, 11) is 0. The van der Waals surface area contributed by atoms with E-state index in [0.29, 0.717) is 11.6 Å². The van der Waals surface area contributed by atoms with Gasteiger partial charge in [-0.15, -0.1) is 11.8 Å². The number of thioether (sulfide) groups is 1. The highest BCUT2D eigenvalue weighted by Gasteiger charge is 2.26. The number of nitrogens with one attached hydrogen (secondary N) is 1. The van der Waals surface area contributed by atoms with Gasteiger partial charge in [-0.05, 0) is 37.3 Å². The molecule has 1 saturated carbocycles. The standard InChI is InChI=1S/C15H15N3OS/c1-20-14-5-3-2-4-11(14)18-15(19)13-8-12(10-6-7-10)16-9-17-13/h2-5,8-10H,6-7H2,1H3,(H,18,19). The van der Waals surface area contributed by atoms with E-state index in [9.17, 15) is 4.79 Å². The summed E-state index contributed by atoms with van der Waals surface area (Å²) in [6.45, 7) is 0. The number of anilines is 1. The third-order valence-electron chi connectivity index (χ3n) is 3.27. The highest BCUT2D eigenvalue weighted by molar-refractivity contribution is 7.98. The molecule has 102 valence electrons. The van der Waals surface area contributed by atoms with Crippen LogP contribution in [0.2, 0.25) is 0 Å². The van der Waals surface area contributed by atoms with E-state index in [1.165, 1.54) is 6.33 Å². The number of carbonyl (C=O) groups excluding carboxylic acids is 1. The first-order valence-corrected chi connectivity index (χ1v) is 7.76. The van der Waals surface area contributed by atoms with Gasteiger partial charge in [0.1, 0.15) is 12.0 Å². The molecule has 1 aromatic carbocycles. The minimum atomic E-state index is -0.184. The van der Waals surface area contributed by atoms with Crippen molar-refractivity contribution >= 4 is 23.4 Å². The summed E-state index contributed by atoms with van der Waals surface area (Å²) in [5.74, 6) is 0.332. The molecule has 0 saturated heterocycles. The van der Waals surface area contributed by atoms with E-state index in [1.54, 1.807) is 17.8 Å². The molecule has 1 heterocycles. The summed E-state index contributed by atoms with van der Waals surface area (Å²) in [6.07, 6.45) is 5.78. The summed E-state index contributed by atoms with van der Waals surface area (Å²) in [5, 5.41) is 2.91. The molecule has 2 aromatic rings. The molecule has 0 aliphatic heterocycles. The fourth-order valence-electron chi connectivity index (χ4n) is 2.03. The Morgan fingerprint density at radius 1 is 1.30 bits per heavy atom. The monoisotopic (exact) mass is 285 g/mol. The molecule has 0 bridgehead atoms. The number of hydrogen-bond donors (Lipinski definition) is 1. The lowest BCUT2D eigenvalue weighted by atomic mass is 10.2. The maximum atomic E-state index is 12.3. The van der Waals surface area contributed by atoms with E-state index in [-0.39, 0.29) is 5.91 Å². The minimum absolute atomic E-state index is 0.184. The van der Waals surface area contributed by atoms with Crippen molar-refractivity contribution in [2.75, 3.05) is 11.6 Å². The molecule has 3 rings (SSSR count). The SMILES string of the molecule is CSc1ccccc1NC(=O)c1cc(C2CC2)ncn1. The van der Waals surface area contributed by atoms with E-state index in [2.05, 4.69) is 15.3 Å². The number of carbonyl (C=O) groups is 1. The van der Waals surface area contributed by atoms with Crippen molar-refractivity contribution in [3.8, 4) is 0 Å². The highest BCUT2D eigenvalue weighted by atomic mass is 32.2. The average molecular weight is 285 g/mol. The average Bonchev–Trinajstić information content (AvgIpc) is 3.32. The molecule has 1 amide bonds. The lowest BCUT2D eigenvalue weighted by Crippen LogP contribution is -2.14. The molecule has 1 fully saturated rings. The number of rotatable bonds is 4. The third-order valence-corrected chi connectivity index (χ3v) is 4.07. The van der Waals surface area contributed by atoms with Gasteiger partial charge in [-0.3, -0.25) is 4.79 Å². The number of para-hydroxylation sites is 1. The molecule has 1 aliphatic rings. The summed E-state index contributed by atoms with van der Waals surface area (Å²) in [4.78, 5) is 21.6. The lowest BCUT2D eigenvalue weighted by molar-refractivity contribution is 0.102. The zero-order valence-electron chi connectivity index (χ0n) is 11.2. The van der Waals surface area contributed by atoms with Crippen LogP contribution in [0.15, 0.2) is 41.6 Å². The number of hydrogen-bond acceptors (Lipinski definition) is 4. The van der Waals surface area contributed by atoms with Crippen LogP contribution < -0.4 is 5.32 Å². The first-order chi connectivity index (χ1) is 9.78. The van der Waals surface area contributed by atoms with Crippen LogP contribution in [0.4, 0.5) is 5.69 Å². The van der Waals surface area contributed by atoms with Gasteiger partial charge < -0.3 is 5.32 Å². The van der Waals surface area contributed by atoms with Crippen LogP contribution in [0.25, 0.3) is 0 Å². The Kier molecular flexibility index (Phi) is 3.69. The molecule has 1 aliphatic carbocycles. The van der Waals surface area contributed by atoms with E-state index >= 15 is 0 Å². The molecule has 4 nitrogen and oxygen atoms in total. The second-order valence-corrected chi connectivity index (χ2v) is 5.60. The number of amides is 1. The zero-order valence-corrected chi connectivity index (χ0v) is 12.0. The van der Waals surface area contributed by atoms with Crippen molar-refractivity contribution in [2.24, 2.45) is 0 Å². The van der Waals surface area contributed by atoms with Crippen LogP contribution in [0.1, 0.15) is 34.9 Å². The van der Waals surface area contributed by atoms with Crippen LogP contribution in [-0.4, -0.2) is 22.1 Å². The molecular formula is C15H15N3OS. The van der Waals surface area contributed by atoms with Crippen molar-refractivity contribution in [1.29, 1.82) is 0 Å². The zero-order chi connectivity index (χ0) is 13.9. The fourth-order valence-corrected chi connectivity index (χ4v) is 2.59. The van der Waals surface area contributed by atoms with Gasteiger partial charge in [-0.2, -0.15) is 0 Å². The Labute approximate surface area is 122 Å². The van der Waals surface area contributed by atoms with Gasteiger partial charge in [0, 0.05) is 16.5 Å². The predicted octanol–water partition coefficient (Wildman–Crippen LogP) is 3.33. The van der Waals surface area contributed by atoms with Gasteiger partial charge in [-0.25, -0.2) is 9.97 Å². The summed E-state index contributed by atoms with van der Waals surface area (Å²) in [6, 6.07) is 9.54. The molecular weight excluding hydrogens is 270 g/mol. The first kappa shape index (κ1) is 13.1. The maximum absolute atomic E-state index is 12.3. The maximum Gasteiger partial charge on any atom is 0.274 e. The predicted molar refractivity (Wildman–Crippen MR) is 80.2 cm³/mol. The smallest absolute Gasteiger partial charge is 0.274 e. The Morgan fingerprint density at radius 3 is 2.85 bits per heavy atom. The second kappa shape index (κ2) is 5.63. The fraction of sp³-hybridized carbons (Fsp3) is 0.267. The first-order valence-electron chi connectivity index (χ1n) is 6.54. The quantitative estimate of drug-likeness (QED) is 0.875. The van der Waals surface area contributed by atoms with Gasteiger partial charge in [0.2, 0.25) is 0 Å². The summed E-state index contributed by atoms with van der Waals surface area (Å²) in [5.41, 5.74) is 2.22. The Morgan fingerprint density at radius 2 is 2.10 bits per heavy atom. The summed E-state index contributed by atoms with van der Waals surface area (Å²) >= 11 is 1.60. The molecule has 0 spiro atoms. The van der Waals surface area contributed by atoms with Gasteiger partial charge >= 0.3 is 0 Å². The molecule has 0 atom stereocenters. The lowest BCUT2D eigenvalue weighted by Gasteiger charge is -2.09. The Balaban J connectivity index is 1.80. The Bertz CT molecular complexity index is 641.